The number of hydrogen-bond acceptors (Lipinski definition) is 6. The lowest BCUT2D eigenvalue weighted by atomic mass is 10.0. The molecule has 0 unspecified atom stereocenters. The first-order chi connectivity index (χ1) is 11.3. The second-order valence-electron chi connectivity index (χ2n) is 5.58. The van der Waals surface area contributed by atoms with E-state index in [1.54, 1.807) is 21.6 Å². The van der Waals surface area contributed by atoms with Crippen molar-refractivity contribution >= 4 is 33.5 Å². The molecule has 3 rings (SSSR count). The van der Waals surface area contributed by atoms with Crippen molar-refractivity contribution in [2.45, 2.75) is 37.5 Å². The maximum absolute atomic E-state index is 11.3. The molecule has 1 heterocycles. The molecule has 0 saturated carbocycles. The molecule has 0 aromatic heterocycles. The highest BCUT2D eigenvalue weighted by Gasteiger charge is 2.22. The highest BCUT2D eigenvalue weighted by Crippen LogP contribution is 2.53. The van der Waals surface area contributed by atoms with Crippen LogP contribution < -0.4 is 9.47 Å². The second-order valence-corrected chi connectivity index (χ2v) is 7.79. The number of aryl methyl sites for hydroxylation is 2. The molecule has 0 atom stereocenters. The van der Waals surface area contributed by atoms with Crippen molar-refractivity contribution in [3.63, 3.8) is 0 Å². The summed E-state index contributed by atoms with van der Waals surface area (Å²) >= 11 is 0. The van der Waals surface area contributed by atoms with Crippen molar-refractivity contribution < 1.29 is 19.1 Å². The van der Waals surface area contributed by atoms with Crippen molar-refractivity contribution in [2.24, 2.45) is 0 Å². The largest absolute Gasteiger partial charge is 0.426 e. The lowest BCUT2D eigenvalue weighted by molar-refractivity contribution is -0.132. The van der Waals surface area contributed by atoms with Gasteiger partial charge in [-0.25, -0.2) is 0 Å². The Balaban J connectivity index is 2.14. The van der Waals surface area contributed by atoms with Gasteiger partial charge in [-0.2, -0.15) is 0 Å². The fourth-order valence-corrected chi connectivity index (χ4v) is 5.01. The van der Waals surface area contributed by atoms with Gasteiger partial charge in [0.1, 0.15) is 11.5 Å². The predicted octanol–water partition coefficient (Wildman–Crippen LogP) is 4.93. The number of hydrogen-bond donors (Lipinski definition) is 0. The van der Waals surface area contributed by atoms with Gasteiger partial charge in [0.25, 0.3) is 0 Å². The lowest BCUT2D eigenvalue weighted by Crippen LogP contribution is -2.05. The first kappa shape index (κ1) is 16.9. The molecule has 0 spiro atoms. The smallest absolute Gasteiger partial charge is 0.308 e. The normalized spacial score (nSPS) is 12.2. The van der Waals surface area contributed by atoms with Gasteiger partial charge in [-0.05, 0) is 49.2 Å². The Kier molecular flexibility index (Phi) is 4.60. The minimum atomic E-state index is -0.347. The maximum atomic E-state index is 11.3. The van der Waals surface area contributed by atoms with E-state index in [0.29, 0.717) is 11.5 Å². The fourth-order valence-electron chi connectivity index (χ4n) is 2.50. The van der Waals surface area contributed by atoms with E-state index in [0.717, 1.165) is 32.0 Å². The van der Waals surface area contributed by atoms with Gasteiger partial charge in [-0.3, -0.25) is 9.59 Å². The lowest BCUT2D eigenvalue weighted by Gasteiger charge is -2.22. The van der Waals surface area contributed by atoms with Gasteiger partial charge < -0.3 is 9.47 Å². The summed E-state index contributed by atoms with van der Waals surface area (Å²) in [7, 11) is 3.34. The van der Waals surface area contributed by atoms with Gasteiger partial charge in [0.2, 0.25) is 0 Å². The highest BCUT2D eigenvalue weighted by atomic mass is 33.1. The van der Waals surface area contributed by atoms with E-state index in [1.807, 2.05) is 38.1 Å². The predicted molar refractivity (Wildman–Crippen MR) is 95.7 cm³/mol. The number of rotatable bonds is 2. The zero-order valence-electron chi connectivity index (χ0n) is 13.8. The molecule has 0 amide bonds. The van der Waals surface area contributed by atoms with Gasteiger partial charge >= 0.3 is 11.9 Å². The van der Waals surface area contributed by atoms with E-state index >= 15 is 0 Å². The molecule has 0 aliphatic carbocycles. The Morgan fingerprint density at radius 1 is 0.750 bits per heavy atom. The topological polar surface area (TPSA) is 52.6 Å². The van der Waals surface area contributed by atoms with Crippen LogP contribution in [0.4, 0.5) is 0 Å². The van der Waals surface area contributed by atoms with Crippen LogP contribution >= 0.6 is 21.6 Å². The van der Waals surface area contributed by atoms with Crippen LogP contribution in [0.15, 0.2) is 34.1 Å². The number of carbonyl (C=O) groups excluding carboxylic acids is 2. The van der Waals surface area contributed by atoms with E-state index in [1.165, 1.54) is 13.8 Å². The van der Waals surface area contributed by atoms with Crippen LogP contribution in [0.5, 0.6) is 11.5 Å². The Morgan fingerprint density at radius 2 is 1.12 bits per heavy atom. The van der Waals surface area contributed by atoms with Crippen molar-refractivity contribution in [1.82, 2.24) is 0 Å². The molecular weight excluding hydrogens is 344 g/mol. The zero-order valence-corrected chi connectivity index (χ0v) is 15.4. The minimum Gasteiger partial charge on any atom is -0.426 e. The third-order valence-electron chi connectivity index (χ3n) is 3.57. The number of benzene rings is 2. The van der Waals surface area contributed by atoms with Crippen LogP contribution in [0.3, 0.4) is 0 Å². The van der Waals surface area contributed by atoms with Gasteiger partial charge in [0.05, 0.1) is 0 Å². The standard InChI is InChI=1S/C18H16O4S2/c1-9-5-17-13(7-15(9)21-11(3)19)14-8-16(22-12(4)20)10(2)6-18(14)24-23-17/h5-8H,1-4H3. The summed E-state index contributed by atoms with van der Waals surface area (Å²) in [5.74, 6) is 0.407. The number of esters is 2. The van der Waals surface area contributed by atoms with Crippen molar-refractivity contribution in [1.29, 1.82) is 0 Å². The average Bonchev–Trinajstić information content (AvgIpc) is 2.48. The second kappa shape index (κ2) is 6.53. The molecule has 1 aliphatic rings. The Bertz CT molecular complexity index is 787. The summed E-state index contributed by atoms with van der Waals surface area (Å²) in [6.07, 6.45) is 0. The summed E-state index contributed by atoms with van der Waals surface area (Å²) < 4.78 is 10.6. The molecular formula is C18H16O4S2. The summed E-state index contributed by atoms with van der Waals surface area (Å²) in [5.41, 5.74) is 3.77. The molecule has 0 fully saturated rings. The third-order valence-corrected chi connectivity index (χ3v) is 6.02. The molecule has 0 bridgehead atoms. The molecule has 124 valence electrons. The van der Waals surface area contributed by atoms with Gasteiger partial charge in [-0.1, -0.05) is 21.6 Å². The molecule has 0 radical (unpaired) electrons. The SMILES string of the molecule is CC(=O)Oc1cc2c(cc1C)SSc1cc(C)c(OC(C)=O)cc1-2. The number of fused-ring (bicyclic) bond motifs is 3. The molecule has 4 nitrogen and oxygen atoms in total. The zero-order chi connectivity index (χ0) is 17.4. The van der Waals surface area contributed by atoms with E-state index in [4.69, 9.17) is 9.47 Å². The van der Waals surface area contributed by atoms with Gasteiger partial charge in [0.15, 0.2) is 0 Å². The number of carbonyl (C=O) groups is 2. The van der Waals surface area contributed by atoms with Crippen LogP contribution in [0, 0.1) is 13.8 Å². The molecule has 24 heavy (non-hydrogen) atoms. The van der Waals surface area contributed by atoms with Crippen LogP contribution in [0.1, 0.15) is 25.0 Å². The summed E-state index contributed by atoms with van der Waals surface area (Å²) in [4.78, 5) is 24.8. The third kappa shape index (κ3) is 3.30. The Morgan fingerprint density at radius 3 is 1.46 bits per heavy atom. The van der Waals surface area contributed by atoms with E-state index in [9.17, 15) is 9.59 Å². The molecule has 1 aliphatic heterocycles. The molecule has 0 saturated heterocycles. The Labute approximate surface area is 148 Å². The molecule has 2 aromatic rings. The van der Waals surface area contributed by atoms with Gasteiger partial charge in [0, 0.05) is 34.8 Å². The van der Waals surface area contributed by atoms with Crippen molar-refractivity contribution in [3.8, 4) is 22.6 Å². The maximum Gasteiger partial charge on any atom is 0.308 e. The molecule has 0 N–H and O–H groups in total. The van der Waals surface area contributed by atoms with Crippen molar-refractivity contribution in [2.75, 3.05) is 0 Å². The molecule has 2 aromatic carbocycles. The average molecular weight is 360 g/mol. The quantitative estimate of drug-likeness (QED) is 0.430. The monoisotopic (exact) mass is 360 g/mol. The summed E-state index contributed by atoms with van der Waals surface area (Å²) in [6.45, 7) is 6.61. The number of ether oxygens (including phenoxy) is 2. The van der Waals surface area contributed by atoms with E-state index < -0.39 is 0 Å². The fraction of sp³-hybridized carbons (Fsp3) is 0.222. The van der Waals surface area contributed by atoms with Crippen LogP contribution in [0.2, 0.25) is 0 Å². The van der Waals surface area contributed by atoms with Crippen LogP contribution in [0.25, 0.3) is 11.1 Å². The first-order valence-corrected chi connectivity index (χ1v) is 9.51. The Hall–Kier alpha value is -1.92. The van der Waals surface area contributed by atoms with Crippen LogP contribution in [-0.2, 0) is 9.59 Å². The van der Waals surface area contributed by atoms with Gasteiger partial charge in [-0.15, -0.1) is 0 Å². The van der Waals surface area contributed by atoms with E-state index in [-0.39, 0.29) is 11.9 Å². The first-order valence-electron chi connectivity index (χ1n) is 7.36. The summed E-state index contributed by atoms with van der Waals surface area (Å²) in [5, 5.41) is 0. The molecule has 6 heteroatoms. The van der Waals surface area contributed by atoms with E-state index in [2.05, 4.69) is 0 Å². The minimum absolute atomic E-state index is 0.347. The van der Waals surface area contributed by atoms with Crippen LogP contribution in [-0.4, -0.2) is 11.9 Å². The van der Waals surface area contributed by atoms with Crippen molar-refractivity contribution in [3.05, 3.63) is 35.4 Å². The highest BCUT2D eigenvalue weighted by molar-refractivity contribution is 8.76. The summed E-state index contributed by atoms with van der Waals surface area (Å²) in [6, 6.07) is 7.79.